The van der Waals surface area contributed by atoms with E-state index in [-0.39, 0.29) is 0 Å². The molecule has 3 aromatic rings. The maximum Gasteiger partial charge on any atom is 0.135 e. The number of rotatable bonds is 3. The molecule has 3 aliphatic rings. The lowest BCUT2D eigenvalue weighted by atomic mass is 9.75. The van der Waals surface area contributed by atoms with Crippen LogP contribution in [0.4, 0.5) is 17.3 Å². The van der Waals surface area contributed by atoms with Gasteiger partial charge in [0.05, 0.1) is 6.04 Å². The van der Waals surface area contributed by atoms with Crippen LogP contribution < -0.4 is 10.2 Å². The summed E-state index contributed by atoms with van der Waals surface area (Å²) in [5.41, 5.74) is 4.05. The summed E-state index contributed by atoms with van der Waals surface area (Å²) in [6, 6.07) is 21.5. The molecule has 1 aromatic heterocycles. The van der Waals surface area contributed by atoms with Crippen molar-refractivity contribution in [2.75, 3.05) is 16.8 Å². The van der Waals surface area contributed by atoms with Gasteiger partial charge in [0, 0.05) is 24.2 Å². The predicted octanol–water partition coefficient (Wildman–Crippen LogP) is 4.66. The highest BCUT2D eigenvalue weighted by molar-refractivity contribution is 5.60. The van der Waals surface area contributed by atoms with Crippen molar-refractivity contribution in [2.45, 2.75) is 24.8 Å². The third kappa shape index (κ3) is 2.54. The number of nitrogens with zero attached hydrogens (tertiary/aromatic N) is 3. The maximum absolute atomic E-state index is 4.57. The monoisotopic (exact) mass is 328 g/mol. The van der Waals surface area contributed by atoms with Gasteiger partial charge in [-0.25, -0.2) is 9.97 Å². The zero-order valence-corrected chi connectivity index (χ0v) is 14.0. The summed E-state index contributed by atoms with van der Waals surface area (Å²) in [4.78, 5) is 11.4. The highest BCUT2D eigenvalue weighted by atomic mass is 15.2. The molecule has 6 rings (SSSR count). The van der Waals surface area contributed by atoms with E-state index >= 15 is 0 Å². The van der Waals surface area contributed by atoms with E-state index in [1.807, 2.05) is 30.3 Å². The second-order valence-corrected chi connectivity index (χ2v) is 6.82. The maximum atomic E-state index is 4.57. The zero-order valence-electron chi connectivity index (χ0n) is 14.0. The van der Waals surface area contributed by atoms with E-state index in [2.05, 4.69) is 50.5 Å². The van der Waals surface area contributed by atoms with Crippen molar-refractivity contribution >= 4 is 17.3 Å². The van der Waals surface area contributed by atoms with Crippen LogP contribution in [0.5, 0.6) is 0 Å². The fraction of sp³-hybridized carbons (Fsp3) is 0.238. The summed E-state index contributed by atoms with van der Waals surface area (Å²) in [7, 11) is 0. The van der Waals surface area contributed by atoms with E-state index in [9.17, 15) is 0 Å². The van der Waals surface area contributed by atoms with Crippen molar-refractivity contribution in [2.24, 2.45) is 0 Å². The molecule has 3 heterocycles. The van der Waals surface area contributed by atoms with Gasteiger partial charge in [-0.1, -0.05) is 42.5 Å². The summed E-state index contributed by atoms with van der Waals surface area (Å²) >= 11 is 0. The number of fused-ring (bicyclic) bond motifs is 2. The van der Waals surface area contributed by atoms with Gasteiger partial charge in [-0.2, -0.15) is 0 Å². The van der Waals surface area contributed by atoms with E-state index in [0.717, 1.165) is 23.9 Å². The summed E-state index contributed by atoms with van der Waals surface area (Å²) in [5, 5.41) is 3.37. The molecule has 1 saturated heterocycles. The van der Waals surface area contributed by atoms with Crippen molar-refractivity contribution < 1.29 is 0 Å². The van der Waals surface area contributed by atoms with Crippen molar-refractivity contribution in [3.63, 3.8) is 0 Å². The third-order valence-electron chi connectivity index (χ3n) is 5.37. The Morgan fingerprint density at radius 3 is 2.56 bits per heavy atom. The second kappa shape index (κ2) is 5.88. The molecule has 0 saturated carbocycles. The lowest BCUT2D eigenvalue weighted by molar-refractivity contribution is 0.387. The molecule has 124 valence electrons. The Morgan fingerprint density at radius 2 is 1.68 bits per heavy atom. The number of hydrogen-bond donors (Lipinski definition) is 1. The Bertz CT molecular complexity index is 893. The molecule has 0 radical (unpaired) electrons. The molecule has 2 bridgehead atoms. The molecule has 1 N–H and O–H groups in total. The van der Waals surface area contributed by atoms with E-state index in [4.69, 9.17) is 0 Å². The Balaban J connectivity index is 1.46. The fourth-order valence-corrected chi connectivity index (χ4v) is 4.23. The standard InChI is InChI=1S/C21H20N4/c1-2-6-16(7-3-1)24-20-12-21(23-14-22-20)25-13-15-10-11-19(25)18-9-5-4-8-17(15)18/h1-9,12,14-15,19H,10-11,13H2,(H,22,23,24)/t15-,19+/m1/s1. The van der Waals surface area contributed by atoms with Crippen molar-refractivity contribution in [3.05, 3.63) is 78.1 Å². The number of anilines is 3. The van der Waals surface area contributed by atoms with Gasteiger partial charge in [0.2, 0.25) is 0 Å². The van der Waals surface area contributed by atoms with Gasteiger partial charge < -0.3 is 10.2 Å². The lowest BCUT2D eigenvalue weighted by Gasteiger charge is -2.47. The van der Waals surface area contributed by atoms with E-state index in [0.29, 0.717) is 12.0 Å². The van der Waals surface area contributed by atoms with Gasteiger partial charge in [0.15, 0.2) is 0 Å². The molecule has 0 unspecified atom stereocenters. The zero-order chi connectivity index (χ0) is 16.6. The molecule has 0 spiro atoms. The van der Waals surface area contributed by atoms with Gasteiger partial charge in [-0.15, -0.1) is 0 Å². The summed E-state index contributed by atoms with van der Waals surface area (Å²) < 4.78 is 0. The molecule has 2 aliphatic heterocycles. The Morgan fingerprint density at radius 1 is 0.880 bits per heavy atom. The van der Waals surface area contributed by atoms with Crippen molar-refractivity contribution in [1.82, 2.24) is 9.97 Å². The van der Waals surface area contributed by atoms with Crippen LogP contribution in [-0.4, -0.2) is 16.5 Å². The second-order valence-electron chi connectivity index (χ2n) is 6.82. The molecule has 1 fully saturated rings. The van der Waals surface area contributed by atoms with Gasteiger partial charge in [0.1, 0.15) is 18.0 Å². The van der Waals surface area contributed by atoms with Crippen LogP contribution in [0.15, 0.2) is 67.0 Å². The number of benzene rings is 2. The van der Waals surface area contributed by atoms with Crippen LogP contribution in [0.25, 0.3) is 0 Å². The quantitative estimate of drug-likeness (QED) is 0.759. The normalized spacial score (nSPS) is 21.0. The SMILES string of the molecule is c1ccc(Nc2cc(N3C[C@H]4CC[C@H]3c3ccccc34)ncn2)cc1. The summed E-state index contributed by atoms with van der Waals surface area (Å²) in [5.74, 6) is 2.46. The van der Waals surface area contributed by atoms with Crippen molar-refractivity contribution in [3.8, 4) is 0 Å². The minimum absolute atomic E-state index is 0.431. The molecule has 4 heteroatoms. The first kappa shape index (κ1) is 14.5. The first-order chi connectivity index (χ1) is 12.4. The number of aromatic nitrogens is 2. The van der Waals surface area contributed by atoms with Crippen LogP contribution in [0, 0.1) is 0 Å². The Hall–Kier alpha value is -2.88. The largest absolute Gasteiger partial charge is 0.349 e. The van der Waals surface area contributed by atoms with Crippen LogP contribution in [-0.2, 0) is 0 Å². The number of nitrogens with one attached hydrogen (secondary N) is 1. The average Bonchev–Trinajstić information content (AvgIpc) is 2.70. The van der Waals surface area contributed by atoms with Gasteiger partial charge in [-0.3, -0.25) is 0 Å². The Kier molecular flexibility index (Phi) is 3.40. The van der Waals surface area contributed by atoms with Crippen LogP contribution in [0.1, 0.15) is 35.9 Å². The first-order valence-corrected chi connectivity index (χ1v) is 8.88. The highest BCUT2D eigenvalue weighted by Crippen LogP contribution is 2.47. The molecule has 25 heavy (non-hydrogen) atoms. The van der Waals surface area contributed by atoms with E-state index < -0.39 is 0 Å². The minimum atomic E-state index is 0.431. The van der Waals surface area contributed by atoms with Gasteiger partial charge >= 0.3 is 0 Å². The topological polar surface area (TPSA) is 41.0 Å². The molecule has 4 nitrogen and oxygen atoms in total. The Labute approximate surface area is 147 Å². The minimum Gasteiger partial charge on any atom is -0.349 e. The first-order valence-electron chi connectivity index (χ1n) is 8.88. The summed E-state index contributed by atoms with van der Waals surface area (Å²) in [6.07, 6.45) is 4.14. The smallest absolute Gasteiger partial charge is 0.135 e. The van der Waals surface area contributed by atoms with Crippen LogP contribution >= 0.6 is 0 Å². The van der Waals surface area contributed by atoms with Gasteiger partial charge in [-0.05, 0) is 36.1 Å². The molecular weight excluding hydrogens is 308 g/mol. The molecule has 1 aliphatic carbocycles. The van der Waals surface area contributed by atoms with E-state index in [1.54, 1.807) is 6.33 Å². The number of piperidine rings is 1. The highest BCUT2D eigenvalue weighted by Gasteiger charge is 2.38. The van der Waals surface area contributed by atoms with Crippen LogP contribution in [0.2, 0.25) is 0 Å². The van der Waals surface area contributed by atoms with Crippen LogP contribution in [0.3, 0.4) is 0 Å². The summed E-state index contributed by atoms with van der Waals surface area (Å²) in [6.45, 7) is 1.05. The number of hydrogen-bond acceptors (Lipinski definition) is 4. The predicted molar refractivity (Wildman–Crippen MR) is 100 cm³/mol. The molecular formula is C21H20N4. The molecule has 2 aromatic carbocycles. The molecule has 2 atom stereocenters. The number of para-hydroxylation sites is 1. The molecule has 0 amide bonds. The van der Waals surface area contributed by atoms with Crippen molar-refractivity contribution in [1.29, 1.82) is 0 Å². The third-order valence-corrected chi connectivity index (χ3v) is 5.37. The van der Waals surface area contributed by atoms with Gasteiger partial charge in [0.25, 0.3) is 0 Å². The average molecular weight is 328 g/mol. The van der Waals surface area contributed by atoms with E-state index in [1.165, 1.54) is 24.0 Å². The lowest BCUT2D eigenvalue weighted by Crippen LogP contribution is -2.42. The fourth-order valence-electron chi connectivity index (χ4n) is 4.23.